The molecule has 0 saturated carbocycles. The van der Waals surface area contributed by atoms with E-state index < -0.39 is 0 Å². The molecule has 4 rings (SSSR count). The number of para-hydroxylation sites is 1. The van der Waals surface area contributed by atoms with Gasteiger partial charge in [0.2, 0.25) is 6.79 Å². The summed E-state index contributed by atoms with van der Waals surface area (Å²) in [6.07, 6.45) is 1.84. The molecule has 0 atom stereocenters. The van der Waals surface area contributed by atoms with Gasteiger partial charge < -0.3 is 9.47 Å². The average Bonchev–Trinajstić information content (AvgIpc) is 3.22. The molecule has 1 aliphatic rings. The average molecular weight is 351 g/mol. The molecule has 0 aliphatic carbocycles. The van der Waals surface area contributed by atoms with Gasteiger partial charge in [0, 0.05) is 16.8 Å². The Morgan fingerprint density at radius 1 is 1.12 bits per heavy atom. The number of H-pyrrole nitrogens is 1. The number of hydrogen-bond donors (Lipinski definition) is 1. The largest absolute Gasteiger partial charge is 0.454 e. The van der Waals surface area contributed by atoms with Crippen LogP contribution in [-0.2, 0) is 0 Å². The highest BCUT2D eigenvalue weighted by Crippen LogP contribution is 2.37. The number of aromatic nitrogens is 2. The molecule has 0 bridgehead atoms. The normalized spacial score (nSPS) is 12.9. The van der Waals surface area contributed by atoms with Crippen LogP contribution in [0, 0.1) is 13.8 Å². The summed E-state index contributed by atoms with van der Waals surface area (Å²) in [6, 6.07) is 13.9. The van der Waals surface area contributed by atoms with Gasteiger partial charge in [-0.3, -0.25) is 10.1 Å². The standard InChI is InChI=1S/C19H17N3O2S/c1-12-19(13(2)22-21-12)25-18-6-4-3-5-15(18)20-10-14-7-8-16-17(9-14)24-11-23-16/h3-10H,11H2,1-2H3,(H,21,22). The van der Waals surface area contributed by atoms with E-state index in [1.807, 2.05) is 56.5 Å². The Morgan fingerprint density at radius 2 is 1.96 bits per heavy atom. The molecule has 2 heterocycles. The quantitative estimate of drug-likeness (QED) is 0.695. The lowest BCUT2D eigenvalue weighted by atomic mass is 10.2. The molecule has 5 nitrogen and oxygen atoms in total. The number of rotatable bonds is 4. The SMILES string of the molecule is Cc1n[nH]c(C)c1Sc1ccccc1N=Cc1ccc2c(c1)OCO2. The van der Waals surface area contributed by atoms with E-state index in [4.69, 9.17) is 9.47 Å². The first-order chi connectivity index (χ1) is 12.2. The van der Waals surface area contributed by atoms with Crippen LogP contribution in [0.15, 0.2) is 57.2 Å². The van der Waals surface area contributed by atoms with E-state index in [0.717, 1.165) is 43.9 Å². The number of nitrogens with zero attached hydrogens (tertiary/aromatic N) is 2. The van der Waals surface area contributed by atoms with Gasteiger partial charge in [0.25, 0.3) is 0 Å². The van der Waals surface area contributed by atoms with Gasteiger partial charge >= 0.3 is 0 Å². The zero-order valence-electron chi connectivity index (χ0n) is 13.9. The molecular formula is C19H17N3O2S. The number of aliphatic imine (C=N–C) groups is 1. The summed E-state index contributed by atoms with van der Waals surface area (Å²) in [5, 5.41) is 7.28. The third-order valence-corrected chi connectivity index (χ3v) is 5.26. The molecule has 2 aromatic carbocycles. The van der Waals surface area contributed by atoms with Gasteiger partial charge in [0.05, 0.1) is 16.3 Å². The molecule has 1 N–H and O–H groups in total. The van der Waals surface area contributed by atoms with Crippen molar-refractivity contribution in [2.45, 2.75) is 23.6 Å². The number of aryl methyl sites for hydroxylation is 2. The number of hydrogen-bond acceptors (Lipinski definition) is 5. The second-order valence-corrected chi connectivity index (χ2v) is 6.76. The van der Waals surface area contributed by atoms with Crippen LogP contribution in [0.4, 0.5) is 5.69 Å². The van der Waals surface area contributed by atoms with E-state index in [1.54, 1.807) is 11.8 Å². The van der Waals surface area contributed by atoms with Crippen LogP contribution in [0.1, 0.15) is 17.0 Å². The number of ether oxygens (including phenoxy) is 2. The fourth-order valence-corrected chi connectivity index (χ4v) is 3.57. The molecule has 1 aromatic heterocycles. The summed E-state index contributed by atoms with van der Waals surface area (Å²) in [5.41, 5.74) is 3.96. The Bertz CT molecular complexity index is 930. The smallest absolute Gasteiger partial charge is 0.231 e. The van der Waals surface area contributed by atoms with Crippen molar-refractivity contribution in [2.75, 3.05) is 6.79 Å². The topological polar surface area (TPSA) is 59.5 Å². The van der Waals surface area contributed by atoms with Crippen molar-refractivity contribution in [2.24, 2.45) is 4.99 Å². The Hall–Kier alpha value is -2.73. The fraction of sp³-hybridized carbons (Fsp3) is 0.158. The minimum absolute atomic E-state index is 0.277. The minimum atomic E-state index is 0.277. The maximum absolute atomic E-state index is 5.41. The maximum Gasteiger partial charge on any atom is 0.231 e. The highest BCUT2D eigenvalue weighted by atomic mass is 32.2. The Kier molecular flexibility index (Phi) is 4.19. The lowest BCUT2D eigenvalue weighted by Gasteiger charge is -2.05. The van der Waals surface area contributed by atoms with Gasteiger partial charge in [-0.1, -0.05) is 23.9 Å². The van der Waals surface area contributed by atoms with E-state index in [2.05, 4.69) is 21.3 Å². The van der Waals surface area contributed by atoms with Crippen molar-refractivity contribution in [3.05, 3.63) is 59.4 Å². The molecule has 0 fully saturated rings. The molecule has 3 aromatic rings. The predicted octanol–water partition coefficient (Wildman–Crippen LogP) is 4.66. The maximum atomic E-state index is 5.41. The minimum Gasteiger partial charge on any atom is -0.454 e. The van der Waals surface area contributed by atoms with Gasteiger partial charge in [-0.15, -0.1) is 0 Å². The number of fused-ring (bicyclic) bond motifs is 1. The lowest BCUT2D eigenvalue weighted by molar-refractivity contribution is 0.174. The van der Waals surface area contributed by atoms with Gasteiger partial charge in [-0.2, -0.15) is 5.10 Å². The first-order valence-corrected chi connectivity index (χ1v) is 8.74. The van der Waals surface area contributed by atoms with Gasteiger partial charge in [-0.05, 0) is 49.7 Å². The van der Waals surface area contributed by atoms with Gasteiger partial charge in [0.1, 0.15) is 0 Å². The van der Waals surface area contributed by atoms with E-state index in [1.165, 1.54) is 0 Å². The first-order valence-electron chi connectivity index (χ1n) is 7.93. The summed E-state index contributed by atoms with van der Waals surface area (Å²) in [6.45, 7) is 4.31. The van der Waals surface area contributed by atoms with Gasteiger partial charge in [-0.25, -0.2) is 0 Å². The zero-order chi connectivity index (χ0) is 17.2. The summed E-state index contributed by atoms with van der Waals surface area (Å²) in [7, 11) is 0. The van der Waals surface area contributed by atoms with Crippen LogP contribution in [0.25, 0.3) is 0 Å². The molecular weight excluding hydrogens is 334 g/mol. The number of benzene rings is 2. The van der Waals surface area contributed by atoms with Gasteiger partial charge in [0.15, 0.2) is 11.5 Å². The Morgan fingerprint density at radius 3 is 2.80 bits per heavy atom. The molecule has 0 saturated heterocycles. The highest BCUT2D eigenvalue weighted by Gasteiger charge is 2.13. The number of aromatic amines is 1. The van der Waals surface area contributed by atoms with E-state index in [0.29, 0.717) is 0 Å². The van der Waals surface area contributed by atoms with Crippen LogP contribution in [-0.4, -0.2) is 23.2 Å². The van der Waals surface area contributed by atoms with Crippen molar-refractivity contribution in [3.63, 3.8) is 0 Å². The molecule has 1 aliphatic heterocycles. The highest BCUT2D eigenvalue weighted by molar-refractivity contribution is 7.99. The van der Waals surface area contributed by atoms with Crippen LogP contribution in [0.5, 0.6) is 11.5 Å². The van der Waals surface area contributed by atoms with Crippen molar-refractivity contribution in [3.8, 4) is 11.5 Å². The summed E-state index contributed by atoms with van der Waals surface area (Å²) in [5.74, 6) is 1.54. The Labute approximate surface area is 150 Å². The number of nitrogens with one attached hydrogen (secondary N) is 1. The van der Waals surface area contributed by atoms with Crippen molar-refractivity contribution in [1.82, 2.24) is 10.2 Å². The fourth-order valence-electron chi connectivity index (χ4n) is 2.59. The Balaban J connectivity index is 1.61. The van der Waals surface area contributed by atoms with E-state index in [-0.39, 0.29) is 6.79 Å². The molecule has 126 valence electrons. The second-order valence-electron chi connectivity index (χ2n) is 5.70. The van der Waals surface area contributed by atoms with Crippen molar-refractivity contribution < 1.29 is 9.47 Å². The summed E-state index contributed by atoms with van der Waals surface area (Å²) in [4.78, 5) is 6.90. The molecule has 0 amide bonds. The zero-order valence-corrected chi connectivity index (χ0v) is 14.8. The lowest BCUT2D eigenvalue weighted by Crippen LogP contribution is -1.92. The summed E-state index contributed by atoms with van der Waals surface area (Å²) < 4.78 is 10.8. The third-order valence-electron chi connectivity index (χ3n) is 3.89. The molecule has 6 heteroatoms. The molecule has 0 spiro atoms. The van der Waals surface area contributed by atoms with Crippen LogP contribution >= 0.6 is 11.8 Å². The molecule has 0 radical (unpaired) electrons. The van der Waals surface area contributed by atoms with E-state index >= 15 is 0 Å². The van der Waals surface area contributed by atoms with Crippen LogP contribution in [0.2, 0.25) is 0 Å². The monoisotopic (exact) mass is 351 g/mol. The summed E-state index contributed by atoms with van der Waals surface area (Å²) >= 11 is 1.68. The van der Waals surface area contributed by atoms with Crippen LogP contribution < -0.4 is 9.47 Å². The van der Waals surface area contributed by atoms with Crippen LogP contribution in [0.3, 0.4) is 0 Å². The third kappa shape index (κ3) is 3.25. The first kappa shape index (κ1) is 15.8. The molecule has 0 unspecified atom stereocenters. The molecule has 25 heavy (non-hydrogen) atoms. The van der Waals surface area contributed by atoms with E-state index in [9.17, 15) is 0 Å². The van der Waals surface area contributed by atoms with Crippen molar-refractivity contribution in [1.29, 1.82) is 0 Å². The second kappa shape index (κ2) is 6.64. The predicted molar refractivity (Wildman–Crippen MR) is 98.4 cm³/mol. The van der Waals surface area contributed by atoms with Crippen molar-refractivity contribution >= 4 is 23.7 Å².